The topological polar surface area (TPSA) is 41.1 Å². The molecule has 3 nitrogen and oxygen atoms in total. The van der Waals surface area contributed by atoms with Gasteiger partial charge in [0.2, 0.25) is 0 Å². The Bertz CT molecular complexity index is 664. The van der Waals surface area contributed by atoms with Crippen LogP contribution in [0.4, 0.5) is 5.69 Å². The monoisotopic (exact) mass is 280 g/mol. The van der Waals surface area contributed by atoms with Crippen molar-refractivity contribution in [3.05, 3.63) is 64.7 Å². The van der Waals surface area contributed by atoms with E-state index in [4.69, 9.17) is 0 Å². The normalized spacial score (nSPS) is 13.6. The van der Waals surface area contributed by atoms with Crippen LogP contribution in [0.3, 0.4) is 0 Å². The van der Waals surface area contributed by atoms with Gasteiger partial charge in [0.25, 0.3) is 5.91 Å². The first-order chi connectivity index (χ1) is 10.3. The van der Waals surface area contributed by atoms with Crippen LogP contribution in [0.1, 0.15) is 34.0 Å². The Balaban J connectivity index is 1.88. The number of benzene rings is 2. The number of aryl methyl sites for hydroxylation is 1. The van der Waals surface area contributed by atoms with Gasteiger partial charge in [-0.1, -0.05) is 37.3 Å². The van der Waals surface area contributed by atoms with Gasteiger partial charge >= 0.3 is 0 Å². The second-order valence-corrected chi connectivity index (χ2v) is 5.33. The van der Waals surface area contributed by atoms with Gasteiger partial charge < -0.3 is 10.6 Å². The number of carbonyl (C=O) groups excluding carboxylic acids is 1. The fourth-order valence-electron chi connectivity index (χ4n) is 2.89. The maximum Gasteiger partial charge on any atom is 0.255 e. The fourth-order valence-corrected chi connectivity index (χ4v) is 2.89. The SMILES string of the molecule is CCc1ccccc1C(=O)Nc1cccc2c1CCNC2. The molecule has 0 aliphatic carbocycles. The van der Waals surface area contributed by atoms with Crippen molar-refractivity contribution >= 4 is 11.6 Å². The van der Waals surface area contributed by atoms with E-state index in [-0.39, 0.29) is 5.91 Å². The molecule has 0 radical (unpaired) electrons. The molecule has 0 bridgehead atoms. The minimum Gasteiger partial charge on any atom is -0.322 e. The number of amides is 1. The lowest BCUT2D eigenvalue weighted by molar-refractivity contribution is 0.102. The fraction of sp³-hybridized carbons (Fsp3) is 0.278. The standard InChI is InChI=1S/C18H20N2O/c1-2-13-6-3-4-8-16(13)18(21)20-17-9-5-7-14-12-19-11-10-15(14)17/h3-9,19H,2,10-12H2,1H3,(H,20,21). The molecule has 0 saturated heterocycles. The Hall–Kier alpha value is -2.13. The van der Waals surface area contributed by atoms with Crippen LogP contribution in [0.15, 0.2) is 42.5 Å². The van der Waals surface area contributed by atoms with Gasteiger partial charge in [-0.15, -0.1) is 0 Å². The molecule has 0 atom stereocenters. The average molecular weight is 280 g/mol. The zero-order chi connectivity index (χ0) is 14.7. The summed E-state index contributed by atoms with van der Waals surface area (Å²) in [6, 6.07) is 13.9. The number of nitrogens with one attached hydrogen (secondary N) is 2. The molecule has 2 N–H and O–H groups in total. The highest BCUT2D eigenvalue weighted by Crippen LogP contribution is 2.24. The molecule has 1 aliphatic rings. The van der Waals surface area contributed by atoms with Crippen molar-refractivity contribution in [2.24, 2.45) is 0 Å². The van der Waals surface area contributed by atoms with Gasteiger partial charge in [0.15, 0.2) is 0 Å². The molecular formula is C18H20N2O. The summed E-state index contributed by atoms with van der Waals surface area (Å²) in [4.78, 5) is 12.6. The summed E-state index contributed by atoms with van der Waals surface area (Å²) in [5.74, 6) is -0.0145. The predicted molar refractivity (Wildman–Crippen MR) is 85.6 cm³/mol. The van der Waals surface area contributed by atoms with Gasteiger partial charge in [0.05, 0.1) is 0 Å². The largest absolute Gasteiger partial charge is 0.322 e. The maximum atomic E-state index is 12.6. The molecule has 1 heterocycles. The van der Waals surface area contributed by atoms with E-state index in [1.54, 1.807) is 0 Å². The van der Waals surface area contributed by atoms with Crippen LogP contribution in [0.2, 0.25) is 0 Å². The van der Waals surface area contributed by atoms with Crippen LogP contribution in [-0.2, 0) is 19.4 Å². The molecular weight excluding hydrogens is 260 g/mol. The van der Waals surface area contributed by atoms with E-state index in [9.17, 15) is 4.79 Å². The minimum absolute atomic E-state index is 0.0145. The second kappa shape index (κ2) is 6.10. The molecule has 0 aromatic heterocycles. The molecule has 2 aromatic carbocycles. The minimum atomic E-state index is -0.0145. The van der Waals surface area contributed by atoms with Crippen molar-refractivity contribution in [1.82, 2.24) is 5.32 Å². The number of anilines is 1. The van der Waals surface area contributed by atoms with Crippen molar-refractivity contribution in [2.45, 2.75) is 26.3 Å². The Morgan fingerprint density at radius 3 is 2.90 bits per heavy atom. The van der Waals surface area contributed by atoms with Gasteiger partial charge in [0.1, 0.15) is 0 Å². The summed E-state index contributed by atoms with van der Waals surface area (Å²) in [5.41, 5.74) is 5.35. The van der Waals surface area contributed by atoms with E-state index in [0.29, 0.717) is 0 Å². The zero-order valence-corrected chi connectivity index (χ0v) is 12.3. The lowest BCUT2D eigenvalue weighted by Crippen LogP contribution is -2.25. The van der Waals surface area contributed by atoms with Crippen LogP contribution in [-0.4, -0.2) is 12.5 Å². The Kier molecular flexibility index (Phi) is 4.02. The molecule has 0 saturated carbocycles. The molecule has 3 heteroatoms. The summed E-state index contributed by atoms with van der Waals surface area (Å²) in [5, 5.41) is 6.45. The molecule has 0 spiro atoms. The van der Waals surface area contributed by atoms with Crippen molar-refractivity contribution < 1.29 is 4.79 Å². The molecule has 2 aromatic rings. The Labute approximate surface area is 125 Å². The highest BCUT2D eigenvalue weighted by Gasteiger charge is 2.15. The van der Waals surface area contributed by atoms with E-state index in [1.165, 1.54) is 11.1 Å². The zero-order valence-electron chi connectivity index (χ0n) is 12.3. The van der Waals surface area contributed by atoms with E-state index in [1.807, 2.05) is 36.4 Å². The van der Waals surface area contributed by atoms with Crippen LogP contribution in [0, 0.1) is 0 Å². The van der Waals surface area contributed by atoms with Crippen molar-refractivity contribution in [1.29, 1.82) is 0 Å². The third-order valence-electron chi connectivity index (χ3n) is 4.03. The van der Waals surface area contributed by atoms with Gasteiger partial charge in [-0.3, -0.25) is 4.79 Å². The van der Waals surface area contributed by atoms with Crippen molar-refractivity contribution in [2.75, 3.05) is 11.9 Å². The summed E-state index contributed by atoms with van der Waals surface area (Å²) >= 11 is 0. The third-order valence-corrected chi connectivity index (χ3v) is 4.03. The number of fused-ring (bicyclic) bond motifs is 1. The van der Waals surface area contributed by atoms with Crippen LogP contribution >= 0.6 is 0 Å². The Morgan fingerprint density at radius 1 is 1.19 bits per heavy atom. The molecule has 1 aliphatic heterocycles. The van der Waals surface area contributed by atoms with Crippen molar-refractivity contribution in [3.63, 3.8) is 0 Å². The van der Waals surface area contributed by atoms with E-state index < -0.39 is 0 Å². The number of hydrogen-bond acceptors (Lipinski definition) is 2. The smallest absolute Gasteiger partial charge is 0.255 e. The number of hydrogen-bond donors (Lipinski definition) is 2. The van der Waals surface area contributed by atoms with E-state index >= 15 is 0 Å². The van der Waals surface area contributed by atoms with Crippen LogP contribution < -0.4 is 10.6 Å². The predicted octanol–water partition coefficient (Wildman–Crippen LogP) is 3.15. The number of rotatable bonds is 3. The van der Waals surface area contributed by atoms with E-state index in [0.717, 1.165) is 42.7 Å². The summed E-state index contributed by atoms with van der Waals surface area (Å²) < 4.78 is 0. The van der Waals surface area contributed by atoms with Crippen LogP contribution in [0.25, 0.3) is 0 Å². The molecule has 108 valence electrons. The molecule has 1 amide bonds. The van der Waals surface area contributed by atoms with E-state index in [2.05, 4.69) is 23.6 Å². The maximum absolute atomic E-state index is 12.6. The highest BCUT2D eigenvalue weighted by molar-refractivity contribution is 6.05. The summed E-state index contributed by atoms with van der Waals surface area (Å²) in [7, 11) is 0. The van der Waals surface area contributed by atoms with Gasteiger partial charge in [-0.2, -0.15) is 0 Å². The lowest BCUT2D eigenvalue weighted by atomic mass is 9.98. The van der Waals surface area contributed by atoms with Gasteiger partial charge in [0, 0.05) is 17.8 Å². The first kappa shape index (κ1) is 13.8. The molecule has 0 unspecified atom stereocenters. The summed E-state index contributed by atoms with van der Waals surface area (Å²) in [6.07, 6.45) is 1.82. The van der Waals surface area contributed by atoms with Gasteiger partial charge in [-0.05, 0) is 48.2 Å². The first-order valence-corrected chi connectivity index (χ1v) is 7.50. The molecule has 21 heavy (non-hydrogen) atoms. The second-order valence-electron chi connectivity index (χ2n) is 5.33. The average Bonchev–Trinajstić information content (AvgIpc) is 2.55. The first-order valence-electron chi connectivity index (χ1n) is 7.50. The highest BCUT2D eigenvalue weighted by atomic mass is 16.1. The van der Waals surface area contributed by atoms with Gasteiger partial charge in [-0.25, -0.2) is 0 Å². The summed E-state index contributed by atoms with van der Waals surface area (Å²) in [6.45, 7) is 3.91. The quantitative estimate of drug-likeness (QED) is 0.907. The Morgan fingerprint density at radius 2 is 2.05 bits per heavy atom. The molecule has 3 rings (SSSR count). The third kappa shape index (κ3) is 2.83. The molecule has 0 fully saturated rings. The number of carbonyl (C=O) groups is 1. The van der Waals surface area contributed by atoms with Crippen molar-refractivity contribution in [3.8, 4) is 0 Å². The lowest BCUT2D eigenvalue weighted by Gasteiger charge is -2.20. The van der Waals surface area contributed by atoms with Crippen LogP contribution in [0.5, 0.6) is 0 Å².